The topological polar surface area (TPSA) is 58.2 Å². The van der Waals surface area contributed by atoms with Crippen molar-refractivity contribution < 1.29 is 14.0 Å². The van der Waals surface area contributed by atoms with Crippen LogP contribution in [-0.4, -0.2) is 17.9 Å². The molecule has 1 aliphatic carbocycles. The zero-order valence-electron chi connectivity index (χ0n) is 10.8. The molecule has 2 amide bonds. The molecule has 0 radical (unpaired) electrons. The van der Waals surface area contributed by atoms with E-state index in [0.717, 1.165) is 19.3 Å². The van der Waals surface area contributed by atoms with Crippen LogP contribution in [0.2, 0.25) is 0 Å². The van der Waals surface area contributed by atoms with Crippen LogP contribution in [0.25, 0.3) is 0 Å². The van der Waals surface area contributed by atoms with Crippen molar-refractivity contribution >= 4 is 17.5 Å². The van der Waals surface area contributed by atoms with E-state index in [1.165, 1.54) is 24.3 Å². The summed E-state index contributed by atoms with van der Waals surface area (Å²) in [6.07, 6.45) is 2.88. The van der Waals surface area contributed by atoms with E-state index in [0.29, 0.717) is 5.69 Å². The van der Waals surface area contributed by atoms with Gasteiger partial charge in [-0.3, -0.25) is 9.59 Å². The van der Waals surface area contributed by atoms with E-state index in [-0.39, 0.29) is 23.5 Å². The molecule has 4 nitrogen and oxygen atoms in total. The minimum absolute atomic E-state index is 0.0565. The average Bonchev–Trinajstić information content (AvgIpc) is 2.29. The molecule has 1 atom stereocenters. The summed E-state index contributed by atoms with van der Waals surface area (Å²) in [6.45, 7) is 1.63. The highest BCUT2D eigenvalue weighted by molar-refractivity contribution is 5.97. The Bertz CT molecular complexity index is 469. The molecule has 1 aromatic rings. The van der Waals surface area contributed by atoms with Crippen LogP contribution in [0.15, 0.2) is 24.3 Å². The van der Waals surface area contributed by atoms with Crippen molar-refractivity contribution in [3.8, 4) is 0 Å². The first-order valence-electron chi connectivity index (χ1n) is 6.43. The molecule has 0 aromatic heterocycles. The maximum absolute atomic E-state index is 12.7. The zero-order chi connectivity index (χ0) is 13.8. The predicted octanol–water partition coefficient (Wildman–Crippen LogP) is 2.07. The Labute approximate surface area is 111 Å². The molecule has 1 saturated carbocycles. The van der Waals surface area contributed by atoms with Gasteiger partial charge in [-0.1, -0.05) is 6.42 Å². The van der Waals surface area contributed by atoms with Gasteiger partial charge in [0.2, 0.25) is 11.8 Å². The number of nitrogens with one attached hydrogen (secondary N) is 2. The van der Waals surface area contributed by atoms with E-state index in [2.05, 4.69) is 10.6 Å². The van der Waals surface area contributed by atoms with E-state index in [4.69, 9.17) is 0 Å². The molecule has 0 spiro atoms. The second kappa shape index (κ2) is 5.82. The molecular weight excluding hydrogens is 247 g/mol. The number of rotatable bonds is 4. The van der Waals surface area contributed by atoms with E-state index >= 15 is 0 Å². The van der Waals surface area contributed by atoms with E-state index in [9.17, 15) is 14.0 Å². The summed E-state index contributed by atoms with van der Waals surface area (Å²) in [5.74, 6) is -0.669. The third-order valence-corrected chi connectivity index (χ3v) is 3.34. The first kappa shape index (κ1) is 13.5. The lowest BCUT2D eigenvalue weighted by Crippen LogP contribution is -2.45. The Balaban J connectivity index is 1.84. The van der Waals surface area contributed by atoms with Crippen LogP contribution < -0.4 is 10.6 Å². The molecular formula is C14H17FN2O2. The van der Waals surface area contributed by atoms with Crippen molar-refractivity contribution in [3.05, 3.63) is 30.1 Å². The normalized spacial score (nSPS) is 16.3. The monoisotopic (exact) mass is 264 g/mol. The molecule has 102 valence electrons. The largest absolute Gasteiger partial charge is 0.344 e. The Hall–Kier alpha value is -1.91. The van der Waals surface area contributed by atoms with Gasteiger partial charge in [-0.05, 0) is 44.0 Å². The summed E-state index contributed by atoms with van der Waals surface area (Å²) >= 11 is 0. The van der Waals surface area contributed by atoms with Crippen LogP contribution in [0, 0.1) is 11.7 Å². The molecule has 19 heavy (non-hydrogen) atoms. The Morgan fingerprint density at radius 3 is 2.42 bits per heavy atom. The van der Waals surface area contributed by atoms with Crippen LogP contribution in [0.3, 0.4) is 0 Å². The molecule has 0 unspecified atom stereocenters. The second-order valence-electron chi connectivity index (χ2n) is 4.85. The minimum Gasteiger partial charge on any atom is -0.344 e. The summed E-state index contributed by atoms with van der Waals surface area (Å²) in [5, 5.41) is 5.32. The fourth-order valence-electron chi connectivity index (χ4n) is 1.85. The maximum Gasteiger partial charge on any atom is 0.246 e. The lowest BCUT2D eigenvalue weighted by atomic mass is 9.84. The van der Waals surface area contributed by atoms with Gasteiger partial charge < -0.3 is 10.6 Å². The molecule has 2 N–H and O–H groups in total. The van der Waals surface area contributed by atoms with Crippen molar-refractivity contribution in [2.75, 3.05) is 5.32 Å². The van der Waals surface area contributed by atoms with Crippen molar-refractivity contribution in [2.24, 2.45) is 5.92 Å². The standard InChI is InChI=1S/C14H17FN2O2/c1-9(16-14(19)10-3-2-4-10)13(18)17-12-7-5-11(15)6-8-12/h5-10H,2-4H2,1H3,(H,16,19)(H,17,18)/t9-/m0/s1. The fourth-order valence-corrected chi connectivity index (χ4v) is 1.85. The molecule has 1 aromatic carbocycles. The number of halogens is 1. The van der Waals surface area contributed by atoms with Gasteiger partial charge in [0.15, 0.2) is 0 Å². The number of carbonyl (C=O) groups is 2. The van der Waals surface area contributed by atoms with Crippen LogP contribution in [0.5, 0.6) is 0 Å². The Morgan fingerprint density at radius 2 is 1.89 bits per heavy atom. The molecule has 0 bridgehead atoms. The molecule has 1 aliphatic rings. The van der Waals surface area contributed by atoms with Gasteiger partial charge in [-0.2, -0.15) is 0 Å². The lowest BCUT2D eigenvalue weighted by Gasteiger charge is -2.25. The maximum atomic E-state index is 12.7. The zero-order valence-corrected chi connectivity index (χ0v) is 10.8. The van der Waals surface area contributed by atoms with Gasteiger partial charge in [-0.15, -0.1) is 0 Å². The predicted molar refractivity (Wildman–Crippen MR) is 70.0 cm³/mol. The third-order valence-electron chi connectivity index (χ3n) is 3.34. The summed E-state index contributed by atoms with van der Waals surface area (Å²) in [7, 11) is 0. The smallest absolute Gasteiger partial charge is 0.246 e. The SMILES string of the molecule is C[C@H](NC(=O)C1CCC1)C(=O)Nc1ccc(F)cc1. The molecule has 0 aliphatic heterocycles. The van der Waals surface area contributed by atoms with Gasteiger partial charge in [0.05, 0.1) is 0 Å². The van der Waals surface area contributed by atoms with E-state index < -0.39 is 6.04 Å². The van der Waals surface area contributed by atoms with Crippen molar-refractivity contribution in [2.45, 2.75) is 32.2 Å². The van der Waals surface area contributed by atoms with E-state index in [1.54, 1.807) is 6.92 Å². The minimum atomic E-state index is -0.599. The van der Waals surface area contributed by atoms with Crippen molar-refractivity contribution in [3.63, 3.8) is 0 Å². The van der Waals surface area contributed by atoms with Crippen LogP contribution in [0.1, 0.15) is 26.2 Å². The second-order valence-corrected chi connectivity index (χ2v) is 4.85. The highest BCUT2D eigenvalue weighted by Gasteiger charge is 2.27. The molecule has 1 fully saturated rings. The van der Waals surface area contributed by atoms with Gasteiger partial charge in [0.1, 0.15) is 11.9 Å². The van der Waals surface area contributed by atoms with Gasteiger partial charge >= 0.3 is 0 Å². The third kappa shape index (κ3) is 3.53. The first-order valence-corrected chi connectivity index (χ1v) is 6.43. The summed E-state index contributed by atoms with van der Waals surface area (Å²) in [6, 6.07) is 4.90. The fraction of sp³-hybridized carbons (Fsp3) is 0.429. The number of amides is 2. The van der Waals surface area contributed by atoms with Crippen LogP contribution in [0.4, 0.5) is 10.1 Å². The molecule has 0 heterocycles. The number of benzene rings is 1. The highest BCUT2D eigenvalue weighted by atomic mass is 19.1. The van der Waals surface area contributed by atoms with Gasteiger partial charge in [-0.25, -0.2) is 4.39 Å². The van der Waals surface area contributed by atoms with Gasteiger partial charge in [0, 0.05) is 11.6 Å². The number of hydrogen-bond acceptors (Lipinski definition) is 2. The van der Waals surface area contributed by atoms with Crippen molar-refractivity contribution in [1.29, 1.82) is 0 Å². The summed E-state index contributed by atoms with van der Waals surface area (Å²) in [4.78, 5) is 23.5. The molecule has 5 heteroatoms. The highest BCUT2D eigenvalue weighted by Crippen LogP contribution is 2.26. The Kier molecular flexibility index (Phi) is 4.14. The number of hydrogen-bond donors (Lipinski definition) is 2. The summed E-state index contributed by atoms with van der Waals surface area (Å²) < 4.78 is 12.7. The van der Waals surface area contributed by atoms with Crippen LogP contribution >= 0.6 is 0 Å². The van der Waals surface area contributed by atoms with Gasteiger partial charge in [0.25, 0.3) is 0 Å². The summed E-state index contributed by atoms with van der Waals surface area (Å²) in [5.41, 5.74) is 0.510. The quantitative estimate of drug-likeness (QED) is 0.874. The number of carbonyl (C=O) groups excluding carboxylic acids is 2. The molecule has 0 saturated heterocycles. The van der Waals surface area contributed by atoms with Crippen LogP contribution in [-0.2, 0) is 9.59 Å². The average molecular weight is 264 g/mol. The number of anilines is 1. The lowest BCUT2D eigenvalue weighted by molar-refractivity contribution is -0.130. The van der Waals surface area contributed by atoms with E-state index in [1.807, 2.05) is 0 Å². The van der Waals surface area contributed by atoms with Crippen molar-refractivity contribution in [1.82, 2.24) is 5.32 Å². The Morgan fingerprint density at radius 1 is 1.26 bits per heavy atom. The first-order chi connectivity index (χ1) is 9.06. The molecule has 2 rings (SSSR count).